The lowest BCUT2D eigenvalue weighted by molar-refractivity contribution is -0.142. The normalized spacial score (nSPS) is 35.7. The highest BCUT2D eigenvalue weighted by molar-refractivity contribution is 8.16. The number of carbonyl (C=O) groups is 1. The van der Waals surface area contributed by atoms with Gasteiger partial charge in [-0.3, -0.25) is 5.41 Å². The molecule has 1 saturated heterocycles. The van der Waals surface area contributed by atoms with Crippen molar-refractivity contribution in [1.82, 2.24) is 0 Å². The Morgan fingerprint density at radius 1 is 1.42 bits per heavy atom. The van der Waals surface area contributed by atoms with Gasteiger partial charge in [-0.05, 0) is 19.3 Å². The van der Waals surface area contributed by atoms with Crippen molar-refractivity contribution in [1.29, 1.82) is 5.41 Å². The summed E-state index contributed by atoms with van der Waals surface area (Å²) < 4.78 is 5.12. The van der Waals surface area contributed by atoms with Crippen LogP contribution in [0.3, 0.4) is 0 Å². The zero-order chi connectivity index (χ0) is 8.55. The minimum absolute atomic E-state index is 0.0816. The molecule has 0 aromatic heterocycles. The van der Waals surface area contributed by atoms with Gasteiger partial charge in [0.05, 0.1) is 0 Å². The molecule has 0 bridgehead atoms. The van der Waals surface area contributed by atoms with E-state index in [1.165, 1.54) is 18.2 Å². The number of carbonyl (C=O) groups excluding carboxylic acids is 1. The molecule has 2 rings (SSSR count). The third-order valence-corrected chi connectivity index (χ3v) is 3.60. The van der Waals surface area contributed by atoms with E-state index in [4.69, 9.17) is 10.1 Å². The summed E-state index contributed by atoms with van der Waals surface area (Å²) in [5, 5.41) is 7.75. The summed E-state index contributed by atoms with van der Waals surface area (Å²) in [5.74, 6) is -0.428. The van der Waals surface area contributed by atoms with Crippen molar-refractivity contribution in [3.05, 3.63) is 0 Å². The topological polar surface area (TPSA) is 50.1 Å². The first-order chi connectivity index (χ1) is 5.77. The Bertz CT molecular complexity index is 205. The molecule has 1 N–H and O–H groups in total. The molecule has 2 atom stereocenters. The Morgan fingerprint density at radius 2 is 2.17 bits per heavy atom. The largest absolute Gasteiger partial charge is 0.456 e. The van der Waals surface area contributed by atoms with Crippen LogP contribution < -0.4 is 0 Å². The van der Waals surface area contributed by atoms with E-state index in [1.807, 2.05) is 0 Å². The van der Waals surface area contributed by atoms with E-state index in [0.717, 1.165) is 19.3 Å². The van der Waals surface area contributed by atoms with Gasteiger partial charge in [-0.2, -0.15) is 0 Å². The van der Waals surface area contributed by atoms with Crippen LogP contribution >= 0.6 is 11.8 Å². The summed E-state index contributed by atoms with van der Waals surface area (Å²) in [4.78, 5) is 11.0. The third kappa shape index (κ3) is 1.35. The molecule has 2 aliphatic rings. The van der Waals surface area contributed by atoms with Gasteiger partial charge in [0.2, 0.25) is 0 Å². The molecule has 0 spiro atoms. The Labute approximate surface area is 75.4 Å². The molecule has 1 aliphatic carbocycles. The second-order valence-electron chi connectivity index (χ2n) is 3.21. The summed E-state index contributed by atoms with van der Waals surface area (Å²) in [6, 6.07) is 0. The van der Waals surface area contributed by atoms with Crippen LogP contribution in [0, 0.1) is 5.41 Å². The fourth-order valence-corrected chi connectivity index (χ4v) is 2.80. The van der Waals surface area contributed by atoms with E-state index in [9.17, 15) is 4.79 Å². The lowest BCUT2D eigenvalue weighted by Crippen LogP contribution is -2.39. The van der Waals surface area contributed by atoms with Gasteiger partial charge in [0, 0.05) is 5.25 Å². The van der Waals surface area contributed by atoms with Gasteiger partial charge < -0.3 is 4.74 Å². The average Bonchev–Trinajstić information content (AvgIpc) is 2.07. The van der Waals surface area contributed by atoms with Crippen LogP contribution in [0.25, 0.3) is 0 Å². The number of hydrogen-bond donors (Lipinski definition) is 1. The number of fused-ring (bicyclic) bond motifs is 1. The summed E-state index contributed by atoms with van der Waals surface area (Å²) in [6.45, 7) is 0. The molecule has 0 aromatic carbocycles. The second-order valence-corrected chi connectivity index (χ2v) is 4.46. The van der Waals surface area contributed by atoms with Crippen molar-refractivity contribution in [2.75, 3.05) is 0 Å². The van der Waals surface area contributed by atoms with Crippen molar-refractivity contribution >= 4 is 22.8 Å². The van der Waals surface area contributed by atoms with Crippen LogP contribution in [0.5, 0.6) is 0 Å². The number of hydrogen-bond acceptors (Lipinski definition) is 4. The van der Waals surface area contributed by atoms with Gasteiger partial charge in [-0.15, -0.1) is 0 Å². The minimum Gasteiger partial charge on any atom is -0.456 e. The maximum absolute atomic E-state index is 11.0. The first-order valence-corrected chi connectivity index (χ1v) is 5.11. The van der Waals surface area contributed by atoms with Gasteiger partial charge in [0.25, 0.3) is 0 Å². The van der Waals surface area contributed by atoms with Crippen LogP contribution in [0.2, 0.25) is 0 Å². The highest BCUT2D eigenvalue weighted by atomic mass is 32.2. The molecule has 12 heavy (non-hydrogen) atoms. The second kappa shape index (κ2) is 3.09. The van der Waals surface area contributed by atoms with E-state index in [1.54, 1.807) is 0 Å². The molecule has 0 radical (unpaired) electrons. The van der Waals surface area contributed by atoms with E-state index in [2.05, 4.69) is 0 Å². The zero-order valence-electron chi connectivity index (χ0n) is 6.71. The quantitative estimate of drug-likeness (QED) is 0.583. The van der Waals surface area contributed by atoms with E-state index >= 15 is 0 Å². The van der Waals surface area contributed by atoms with Gasteiger partial charge >= 0.3 is 5.97 Å². The van der Waals surface area contributed by atoms with Crippen LogP contribution in [0.15, 0.2) is 0 Å². The molecule has 4 heteroatoms. The fourth-order valence-electron chi connectivity index (χ4n) is 1.72. The predicted octanol–water partition coefficient (Wildman–Crippen LogP) is 1.56. The minimum atomic E-state index is -0.428. The number of thioether (sulfide) groups is 1. The Hall–Kier alpha value is -0.510. The van der Waals surface area contributed by atoms with E-state index in [-0.39, 0.29) is 11.1 Å². The molecule has 1 heterocycles. The van der Waals surface area contributed by atoms with Crippen molar-refractivity contribution in [2.24, 2.45) is 0 Å². The van der Waals surface area contributed by atoms with Gasteiger partial charge in [-0.25, -0.2) is 4.79 Å². The van der Waals surface area contributed by atoms with Crippen LogP contribution in [0.4, 0.5) is 0 Å². The van der Waals surface area contributed by atoms with Crippen molar-refractivity contribution in [2.45, 2.75) is 37.0 Å². The predicted molar refractivity (Wildman–Crippen MR) is 47.5 cm³/mol. The van der Waals surface area contributed by atoms with Gasteiger partial charge in [0.15, 0.2) is 5.04 Å². The summed E-state index contributed by atoms with van der Waals surface area (Å²) in [7, 11) is 0. The molecule has 0 amide bonds. The number of ether oxygens (including phenoxy) is 1. The number of esters is 1. The lowest BCUT2D eigenvalue weighted by atomic mass is 9.97. The highest BCUT2D eigenvalue weighted by Gasteiger charge is 2.36. The van der Waals surface area contributed by atoms with Gasteiger partial charge in [-0.1, -0.05) is 18.2 Å². The van der Waals surface area contributed by atoms with Crippen LogP contribution in [-0.2, 0) is 9.53 Å². The van der Waals surface area contributed by atoms with Crippen molar-refractivity contribution in [3.63, 3.8) is 0 Å². The molecule has 66 valence electrons. The summed E-state index contributed by atoms with van der Waals surface area (Å²) in [6.07, 6.45) is 4.52. The number of nitrogens with one attached hydrogen (secondary N) is 1. The Morgan fingerprint density at radius 3 is 3.00 bits per heavy atom. The monoisotopic (exact) mass is 185 g/mol. The van der Waals surface area contributed by atoms with E-state index < -0.39 is 5.97 Å². The average molecular weight is 185 g/mol. The molecule has 3 nitrogen and oxygen atoms in total. The molecule has 1 saturated carbocycles. The molecular formula is C8H11NO2S. The molecule has 2 fully saturated rings. The van der Waals surface area contributed by atoms with Crippen molar-refractivity contribution in [3.8, 4) is 0 Å². The zero-order valence-corrected chi connectivity index (χ0v) is 7.52. The van der Waals surface area contributed by atoms with Gasteiger partial charge in [0.1, 0.15) is 6.10 Å². The Balaban J connectivity index is 2.07. The molecule has 1 aliphatic heterocycles. The molecule has 2 unspecified atom stereocenters. The standard InChI is InChI=1S/C8H11NO2S/c9-7-8(10)11-5-3-1-2-4-6(5)12-7/h5-6,9H,1-4H2. The summed E-state index contributed by atoms with van der Waals surface area (Å²) >= 11 is 1.39. The van der Waals surface area contributed by atoms with Crippen molar-refractivity contribution < 1.29 is 9.53 Å². The first kappa shape index (κ1) is 8.10. The van der Waals surface area contributed by atoms with Crippen LogP contribution in [0.1, 0.15) is 25.7 Å². The molecule has 0 aromatic rings. The maximum atomic E-state index is 11.0. The SMILES string of the molecule is N=C1SC2CCCCC2OC1=O. The summed E-state index contributed by atoms with van der Waals surface area (Å²) in [5.41, 5.74) is 0. The number of rotatable bonds is 0. The van der Waals surface area contributed by atoms with Crippen LogP contribution in [-0.4, -0.2) is 22.4 Å². The Kier molecular flexibility index (Phi) is 2.09. The fraction of sp³-hybridized carbons (Fsp3) is 0.750. The smallest absolute Gasteiger partial charge is 0.363 e. The third-order valence-electron chi connectivity index (χ3n) is 2.35. The van der Waals surface area contributed by atoms with E-state index in [0.29, 0.717) is 5.25 Å². The lowest BCUT2D eigenvalue weighted by Gasteiger charge is -2.33. The first-order valence-electron chi connectivity index (χ1n) is 4.23. The molecular weight excluding hydrogens is 174 g/mol. The maximum Gasteiger partial charge on any atom is 0.363 e. The highest BCUT2D eigenvalue weighted by Crippen LogP contribution is 2.34.